The molecule has 0 unspecified atom stereocenters. The van der Waals surface area contributed by atoms with Crippen LogP contribution in [0.25, 0.3) is 0 Å². The van der Waals surface area contributed by atoms with Crippen molar-refractivity contribution in [2.45, 2.75) is 33.1 Å². The van der Waals surface area contributed by atoms with Crippen LogP contribution in [0.3, 0.4) is 0 Å². The van der Waals surface area contributed by atoms with E-state index in [1.54, 1.807) is 24.3 Å². The van der Waals surface area contributed by atoms with E-state index in [-0.39, 0.29) is 17.1 Å². The Balaban J connectivity index is 1.84. The summed E-state index contributed by atoms with van der Waals surface area (Å²) in [4.78, 5) is 25.2. The number of ketones is 1. The molecule has 1 amide bonds. The molecule has 20 heavy (non-hydrogen) atoms. The summed E-state index contributed by atoms with van der Waals surface area (Å²) < 4.78 is 0. The van der Waals surface area contributed by atoms with E-state index in [0.29, 0.717) is 29.5 Å². The number of rotatable bonds is 2. The highest BCUT2D eigenvalue weighted by molar-refractivity contribution is 6.30. The van der Waals surface area contributed by atoms with Crippen LogP contribution >= 0.6 is 11.6 Å². The molecule has 1 aromatic carbocycles. The van der Waals surface area contributed by atoms with Crippen LogP contribution in [0.15, 0.2) is 24.3 Å². The second kappa shape index (κ2) is 4.32. The summed E-state index contributed by atoms with van der Waals surface area (Å²) in [6.45, 7) is 3.94. The number of nitrogens with one attached hydrogen (secondary N) is 1. The molecule has 0 radical (unpaired) electrons. The Bertz CT molecular complexity index is 579. The molecule has 3 rings (SSSR count). The van der Waals surface area contributed by atoms with Gasteiger partial charge in [0.25, 0.3) is 0 Å². The first kappa shape index (κ1) is 13.6. The Morgan fingerprint density at radius 2 is 1.95 bits per heavy atom. The highest BCUT2D eigenvalue weighted by Crippen LogP contribution is 2.60. The van der Waals surface area contributed by atoms with Gasteiger partial charge in [-0.3, -0.25) is 9.59 Å². The molecule has 2 aliphatic carbocycles. The van der Waals surface area contributed by atoms with Crippen molar-refractivity contribution >= 4 is 29.0 Å². The number of amides is 1. The first-order valence-electron chi connectivity index (χ1n) is 6.98. The normalized spacial score (nSPS) is 30.6. The quantitative estimate of drug-likeness (QED) is 0.845. The second-order valence-corrected chi connectivity index (χ2v) is 6.97. The summed E-state index contributed by atoms with van der Waals surface area (Å²) in [5, 5.41) is 3.50. The van der Waals surface area contributed by atoms with Gasteiger partial charge in [-0.1, -0.05) is 25.4 Å². The molecular formula is C16H18ClNO2. The van der Waals surface area contributed by atoms with E-state index in [1.807, 2.05) is 13.8 Å². The van der Waals surface area contributed by atoms with Crippen LogP contribution in [0.5, 0.6) is 0 Å². The maximum Gasteiger partial charge on any atom is 0.238 e. The Morgan fingerprint density at radius 3 is 2.50 bits per heavy atom. The third-order valence-electron chi connectivity index (χ3n) is 5.09. The summed E-state index contributed by atoms with van der Waals surface area (Å²) in [7, 11) is 0. The van der Waals surface area contributed by atoms with E-state index in [2.05, 4.69) is 5.32 Å². The molecule has 0 aliphatic heterocycles. The van der Waals surface area contributed by atoms with Crippen molar-refractivity contribution < 1.29 is 9.59 Å². The van der Waals surface area contributed by atoms with Gasteiger partial charge in [0.05, 0.1) is 0 Å². The van der Waals surface area contributed by atoms with E-state index in [0.717, 1.165) is 6.42 Å². The lowest BCUT2D eigenvalue weighted by Crippen LogP contribution is -2.44. The molecule has 2 aliphatic rings. The predicted octanol–water partition coefficient (Wildman–Crippen LogP) is 3.67. The van der Waals surface area contributed by atoms with Gasteiger partial charge in [-0.2, -0.15) is 0 Å². The first-order valence-corrected chi connectivity index (χ1v) is 7.36. The molecule has 2 saturated carbocycles. The molecular weight excluding hydrogens is 274 g/mol. The average Bonchev–Trinajstić information content (AvgIpc) is 2.93. The Hall–Kier alpha value is -1.35. The van der Waals surface area contributed by atoms with Gasteiger partial charge in [0.15, 0.2) is 5.78 Å². The molecule has 3 nitrogen and oxygen atoms in total. The first-order chi connectivity index (χ1) is 9.36. The molecule has 2 atom stereocenters. The summed E-state index contributed by atoms with van der Waals surface area (Å²) in [6, 6.07) is 6.97. The summed E-state index contributed by atoms with van der Waals surface area (Å²) in [6.07, 6.45) is 2.34. The lowest BCUT2D eigenvalue weighted by Gasteiger charge is -2.32. The van der Waals surface area contributed by atoms with Crippen molar-refractivity contribution in [2.75, 3.05) is 5.32 Å². The maximum absolute atomic E-state index is 12.6. The second-order valence-electron chi connectivity index (χ2n) is 6.53. The van der Waals surface area contributed by atoms with Gasteiger partial charge in [-0.25, -0.2) is 0 Å². The van der Waals surface area contributed by atoms with Crippen LogP contribution < -0.4 is 5.32 Å². The van der Waals surface area contributed by atoms with Gasteiger partial charge in [-0.15, -0.1) is 0 Å². The van der Waals surface area contributed by atoms with Crippen LogP contribution in [0.4, 0.5) is 5.69 Å². The summed E-state index contributed by atoms with van der Waals surface area (Å²) in [5.41, 5.74) is -0.488. The number of hydrogen-bond acceptors (Lipinski definition) is 2. The van der Waals surface area contributed by atoms with E-state index in [4.69, 9.17) is 11.6 Å². The third kappa shape index (κ3) is 1.80. The molecule has 0 spiro atoms. The zero-order valence-corrected chi connectivity index (χ0v) is 12.5. The lowest BCUT2D eigenvalue weighted by molar-refractivity contribution is -0.142. The Morgan fingerprint density at radius 1 is 1.30 bits per heavy atom. The Kier molecular flexibility index (Phi) is 2.94. The maximum atomic E-state index is 12.6. The molecule has 2 bridgehead atoms. The molecule has 106 valence electrons. The molecule has 2 fully saturated rings. The van der Waals surface area contributed by atoms with Crippen molar-refractivity contribution in [1.82, 2.24) is 0 Å². The topological polar surface area (TPSA) is 46.2 Å². The number of hydrogen-bond donors (Lipinski definition) is 1. The van der Waals surface area contributed by atoms with Gasteiger partial charge < -0.3 is 5.32 Å². The van der Waals surface area contributed by atoms with Crippen molar-refractivity contribution in [2.24, 2.45) is 16.7 Å². The fourth-order valence-electron chi connectivity index (χ4n) is 3.76. The van der Waals surface area contributed by atoms with Crippen LogP contribution in [-0.2, 0) is 9.59 Å². The van der Waals surface area contributed by atoms with Crippen LogP contribution in [-0.4, -0.2) is 11.7 Å². The minimum Gasteiger partial charge on any atom is -0.325 e. The van der Waals surface area contributed by atoms with Crippen molar-refractivity contribution in [3.8, 4) is 0 Å². The monoisotopic (exact) mass is 291 g/mol. The van der Waals surface area contributed by atoms with Gasteiger partial charge >= 0.3 is 0 Å². The highest BCUT2D eigenvalue weighted by Gasteiger charge is 2.64. The minimum absolute atomic E-state index is 0.104. The number of carbonyl (C=O) groups excluding carboxylic acids is 2. The van der Waals surface area contributed by atoms with Crippen molar-refractivity contribution in [3.05, 3.63) is 29.3 Å². The fraction of sp³-hybridized carbons (Fsp3) is 0.500. The minimum atomic E-state index is -0.812. The smallest absolute Gasteiger partial charge is 0.238 e. The molecule has 1 aromatic rings. The third-order valence-corrected chi connectivity index (χ3v) is 5.34. The molecule has 4 heteroatoms. The number of benzene rings is 1. The standard InChI is InChI=1S/C16H18ClNO2/c1-15(2)10-7-8-16(9-10,13(15)19)14(20)18-12-5-3-11(17)4-6-12/h3-6,10H,7-9H2,1-2H3,(H,18,20)/t10-,16+/m0/s1. The zero-order valence-electron chi connectivity index (χ0n) is 11.7. The Labute approximate surface area is 123 Å². The molecule has 0 aromatic heterocycles. The molecule has 0 heterocycles. The molecule has 0 saturated heterocycles. The number of carbonyl (C=O) groups is 2. The lowest BCUT2D eigenvalue weighted by atomic mass is 9.70. The van der Waals surface area contributed by atoms with Gasteiger partial charge in [-0.05, 0) is 49.4 Å². The highest BCUT2D eigenvalue weighted by atomic mass is 35.5. The average molecular weight is 292 g/mol. The van der Waals surface area contributed by atoms with Crippen LogP contribution in [0, 0.1) is 16.7 Å². The number of anilines is 1. The van der Waals surface area contributed by atoms with E-state index < -0.39 is 5.41 Å². The zero-order chi connectivity index (χ0) is 14.5. The van der Waals surface area contributed by atoms with E-state index >= 15 is 0 Å². The molecule has 1 N–H and O–H groups in total. The number of Topliss-reactive ketones (excluding diaryl/α,β-unsaturated/α-hetero) is 1. The van der Waals surface area contributed by atoms with Gasteiger partial charge in [0, 0.05) is 16.1 Å². The van der Waals surface area contributed by atoms with Gasteiger partial charge in [0.2, 0.25) is 5.91 Å². The van der Waals surface area contributed by atoms with Crippen molar-refractivity contribution in [1.29, 1.82) is 0 Å². The fourth-order valence-corrected chi connectivity index (χ4v) is 3.89. The largest absolute Gasteiger partial charge is 0.325 e. The van der Waals surface area contributed by atoms with E-state index in [1.165, 1.54) is 0 Å². The summed E-state index contributed by atoms with van der Waals surface area (Å²) in [5.74, 6) is 0.288. The van der Waals surface area contributed by atoms with Crippen LogP contribution in [0.2, 0.25) is 5.02 Å². The van der Waals surface area contributed by atoms with E-state index in [9.17, 15) is 9.59 Å². The predicted molar refractivity (Wildman–Crippen MR) is 78.6 cm³/mol. The van der Waals surface area contributed by atoms with Gasteiger partial charge in [0.1, 0.15) is 5.41 Å². The number of halogens is 1. The van der Waals surface area contributed by atoms with Crippen molar-refractivity contribution in [3.63, 3.8) is 0 Å². The summed E-state index contributed by atoms with van der Waals surface area (Å²) >= 11 is 5.83. The number of fused-ring (bicyclic) bond motifs is 2. The SMILES string of the molecule is CC1(C)C(=O)[C@@]2(C(=O)Nc3ccc(Cl)cc3)CC[C@H]1C2. The van der Waals surface area contributed by atoms with Crippen LogP contribution in [0.1, 0.15) is 33.1 Å².